The summed E-state index contributed by atoms with van der Waals surface area (Å²) in [5.41, 5.74) is 0.536. The molecule has 1 heterocycles. The van der Waals surface area contributed by atoms with Crippen molar-refractivity contribution in [2.75, 3.05) is 46.5 Å². The molecule has 1 aliphatic heterocycles. The summed E-state index contributed by atoms with van der Waals surface area (Å²) in [4.78, 5) is 38.9. The molecule has 1 N–H and O–H groups in total. The van der Waals surface area contributed by atoms with Gasteiger partial charge in [-0.25, -0.2) is 4.79 Å². The zero-order chi connectivity index (χ0) is 18.4. The molecule has 2 amide bonds. The molecule has 1 fully saturated rings. The van der Waals surface area contributed by atoms with Gasteiger partial charge in [0.2, 0.25) is 5.91 Å². The monoisotopic (exact) mass is 350 g/mol. The molecule has 8 heteroatoms. The number of aryl methyl sites for hydroxylation is 1. The van der Waals surface area contributed by atoms with Crippen molar-refractivity contribution in [3.8, 4) is 5.75 Å². The zero-order valence-electron chi connectivity index (χ0n) is 14.4. The molecule has 0 atom stereocenters. The lowest BCUT2D eigenvalue weighted by Crippen LogP contribution is -2.46. The molecule has 1 aromatic carbocycles. The maximum Gasteiger partial charge on any atom is 0.342 e. The Balaban J connectivity index is 1.83. The minimum absolute atomic E-state index is 0.000142. The van der Waals surface area contributed by atoms with Gasteiger partial charge in [-0.2, -0.15) is 0 Å². The van der Waals surface area contributed by atoms with Crippen molar-refractivity contribution in [2.45, 2.75) is 6.92 Å². The Morgan fingerprint density at radius 1 is 1.28 bits per heavy atom. The zero-order valence-corrected chi connectivity index (χ0v) is 14.4. The van der Waals surface area contributed by atoms with E-state index in [1.807, 2.05) is 0 Å². The first-order valence-electron chi connectivity index (χ1n) is 7.95. The molecule has 0 saturated carbocycles. The van der Waals surface area contributed by atoms with Crippen LogP contribution in [0.2, 0.25) is 0 Å². The van der Waals surface area contributed by atoms with Crippen LogP contribution in [0.15, 0.2) is 18.2 Å². The van der Waals surface area contributed by atoms with Crippen LogP contribution in [0, 0.1) is 6.92 Å². The molecule has 8 nitrogen and oxygen atoms in total. The number of phenolic OH excluding ortho intramolecular Hbond substituents is 1. The van der Waals surface area contributed by atoms with E-state index in [4.69, 9.17) is 9.47 Å². The first kappa shape index (κ1) is 18.7. The number of ether oxygens (including phenoxy) is 2. The minimum atomic E-state index is -0.789. The fourth-order valence-corrected chi connectivity index (χ4v) is 2.34. The highest BCUT2D eigenvalue weighted by molar-refractivity contribution is 5.94. The van der Waals surface area contributed by atoms with Crippen molar-refractivity contribution in [1.29, 1.82) is 0 Å². The Labute approximate surface area is 145 Å². The second kappa shape index (κ2) is 8.48. The first-order valence-corrected chi connectivity index (χ1v) is 7.95. The number of rotatable bonds is 5. The number of para-hydroxylation sites is 1. The second-order valence-electron chi connectivity index (χ2n) is 5.79. The number of carbonyl (C=O) groups is 3. The van der Waals surface area contributed by atoms with Gasteiger partial charge in [0.15, 0.2) is 6.61 Å². The van der Waals surface area contributed by atoms with E-state index in [1.165, 1.54) is 18.0 Å². The topological polar surface area (TPSA) is 96.4 Å². The maximum atomic E-state index is 12.1. The van der Waals surface area contributed by atoms with E-state index in [9.17, 15) is 19.5 Å². The summed E-state index contributed by atoms with van der Waals surface area (Å²) in [6.07, 6.45) is 0. The van der Waals surface area contributed by atoms with E-state index in [0.717, 1.165) is 0 Å². The molecule has 0 radical (unpaired) electrons. The van der Waals surface area contributed by atoms with E-state index < -0.39 is 18.5 Å². The van der Waals surface area contributed by atoms with Crippen LogP contribution in [0.4, 0.5) is 0 Å². The highest BCUT2D eigenvalue weighted by atomic mass is 16.5. The fourth-order valence-electron chi connectivity index (χ4n) is 2.34. The lowest BCUT2D eigenvalue weighted by Gasteiger charge is -2.28. The predicted molar refractivity (Wildman–Crippen MR) is 88.2 cm³/mol. The van der Waals surface area contributed by atoms with Crippen molar-refractivity contribution < 1.29 is 29.0 Å². The van der Waals surface area contributed by atoms with E-state index in [0.29, 0.717) is 31.9 Å². The molecule has 1 aromatic rings. The van der Waals surface area contributed by atoms with Crippen LogP contribution in [-0.2, 0) is 19.1 Å². The van der Waals surface area contributed by atoms with E-state index >= 15 is 0 Å². The van der Waals surface area contributed by atoms with Gasteiger partial charge < -0.3 is 24.4 Å². The normalized spacial score (nSPS) is 14.1. The number of nitrogens with zero attached hydrogens (tertiary/aromatic N) is 2. The predicted octanol–water partition coefficient (Wildman–Crippen LogP) is 0.175. The molecule has 0 aliphatic carbocycles. The Morgan fingerprint density at radius 2 is 1.96 bits per heavy atom. The third-order valence-electron chi connectivity index (χ3n) is 3.95. The summed E-state index contributed by atoms with van der Waals surface area (Å²) in [5, 5.41) is 9.85. The Morgan fingerprint density at radius 3 is 2.64 bits per heavy atom. The van der Waals surface area contributed by atoms with Gasteiger partial charge in [0.05, 0.1) is 19.8 Å². The van der Waals surface area contributed by atoms with E-state index in [1.54, 1.807) is 24.0 Å². The average Bonchev–Trinajstić information content (AvgIpc) is 2.62. The van der Waals surface area contributed by atoms with Crippen LogP contribution in [0.1, 0.15) is 15.9 Å². The van der Waals surface area contributed by atoms with Gasteiger partial charge in [0.1, 0.15) is 11.3 Å². The van der Waals surface area contributed by atoms with Gasteiger partial charge in [-0.3, -0.25) is 9.59 Å². The van der Waals surface area contributed by atoms with Gasteiger partial charge in [0, 0.05) is 20.1 Å². The maximum absolute atomic E-state index is 12.1. The fraction of sp³-hybridized carbons (Fsp3) is 0.471. The number of amides is 2. The molecule has 0 unspecified atom stereocenters. The number of likely N-dealkylation sites (N-methyl/N-ethyl adjacent to an activating group) is 1. The minimum Gasteiger partial charge on any atom is -0.507 e. The summed E-state index contributed by atoms with van der Waals surface area (Å²) in [5.74, 6) is -1.64. The van der Waals surface area contributed by atoms with Crippen molar-refractivity contribution in [2.24, 2.45) is 0 Å². The molecule has 0 aromatic heterocycles. The molecule has 0 spiro atoms. The van der Waals surface area contributed by atoms with Crippen molar-refractivity contribution >= 4 is 17.8 Å². The molecular formula is C17H22N2O6. The number of esters is 1. The van der Waals surface area contributed by atoms with Crippen LogP contribution < -0.4 is 0 Å². The molecule has 0 bridgehead atoms. The SMILES string of the molecule is Cc1cccc(C(=O)OCC(=O)N(C)CC(=O)N2CCOCC2)c1O. The van der Waals surface area contributed by atoms with Crippen LogP contribution in [-0.4, -0.2) is 79.2 Å². The smallest absolute Gasteiger partial charge is 0.342 e. The molecule has 136 valence electrons. The molecule has 1 saturated heterocycles. The van der Waals surface area contributed by atoms with Crippen LogP contribution >= 0.6 is 0 Å². The molecular weight excluding hydrogens is 328 g/mol. The van der Waals surface area contributed by atoms with E-state index in [2.05, 4.69) is 0 Å². The molecule has 1 aliphatic rings. The van der Waals surface area contributed by atoms with Gasteiger partial charge in [-0.1, -0.05) is 12.1 Å². The van der Waals surface area contributed by atoms with Gasteiger partial charge >= 0.3 is 5.97 Å². The number of hydrogen-bond donors (Lipinski definition) is 1. The van der Waals surface area contributed by atoms with Gasteiger partial charge in [-0.15, -0.1) is 0 Å². The third-order valence-corrected chi connectivity index (χ3v) is 3.95. The number of hydrogen-bond acceptors (Lipinski definition) is 6. The highest BCUT2D eigenvalue weighted by Crippen LogP contribution is 2.22. The van der Waals surface area contributed by atoms with Crippen molar-refractivity contribution in [3.05, 3.63) is 29.3 Å². The Hall–Kier alpha value is -2.61. The molecule has 25 heavy (non-hydrogen) atoms. The number of morpholine rings is 1. The Kier molecular flexibility index (Phi) is 6.35. The summed E-state index contributed by atoms with van der Waals surface area (Å²) >= 11 is 0. The van der Waals surface area contributed by atoms with E-state index in [-0.39, 0.29) is 23.8 Å². The lowest BCUT2D eigenvalue weighted by atomic mass is 10.1. The third kappa shape index (κ3) is 4.93. The first-order chi connectivity index (χ1) is 11.9. The standard InChI is InChI=1S/C17H22N2O6/c1-12-4-3-5-13(16(12)22)17(23)25-11-15(21)18(2)10-14(20)19-6-8-24-9-7-19/h3-5,22H,6-11H2,1-2H3. The lowest BCUT2D eigenvalue weighted by molar-refractivity contribution is -0.143. The number of aromatic hydroxyl groups is 1. The summed E-state index contributed by atoms with van der Waals surface area (Å²) < 4.78 is 10.1. The summed E-state index contributed by atoms with van der Waals surface area (Å²) in [7, 11) is 1.47. The second-order valence-corrected chi connectivity index (χ2v) is 5.79. The number of phenols is 1. The van der Waals surface area contributed by atoms with Crippen LogP contribution in [0.5, 0.6) is 5.75 Å². The number of carbonyl (C=O) groups excluding carboxylic acids is 3. The van der Waals surface area contributed by atoms with Crippen LogP contribution in [0.3, 0.4) is 0 Å². The van der Waals surface area contributed by atoms with Crippen LogP contribution in [0.25, 0.3) is 0 Å². The summed E-state index contributed by atoms with van der Waals surface area (Å²) in [6.45, 7) is 3.04. The van der Waals surface area contributed by atoms with Crippen molar-refractivity contribution in [3.63, 3.8) is 0 Å². The van der Waals surface area contributed by atoms with Gasteiger partial charge in [-0.05, 0) is 18.6 Å². The largest absolute Gasteiger partial charge is 0.507 e. The Bertz CT molecular complexity index is 655. The molecule has 2 rings (SSSR count). The quantitative estimate of drug-likeness (QED) is 0.761. The summed E-state index contributed by atoms with van der Waals surface area (Å²) in [6, 6.07) is 4.68. The van der Waals surface area contributed by atoms with Crippen molar-refractivity contribution in [1.82, 2.24) is 9.80 Å². The average molecular weight is 350 g/mol. The van der Waals surface area contributed by atoms with Gasteiger partial charge in [0.25, 0.3) is 5.91 Å². The number of benzene rings is 1. The highest BCUT2D eigenvalue weighted by Gasteiger charge is 2.22.